The summed E-state index contributed by atoms with van der Waals surface area (Å²) in [6.45, 7) is 15.8. The molecule has 2 heteroatoms. The molecule has 0 saturated carbocycles. The molecule has 0 aromatic rings. The molecule has 2 nitrogen and oxygen atoms in total. The zero-order valence-electron chi connectivity index (χ0n) is 20.7. The molecular formula is C27H54N2. The minimum Gasteiger partial charge on any atom is -0.330 e. The molecule has 0 spiro atoms. The highest BCUT2D eigenvalue weighted by Crippen LogP contribution is 2.46. The lowest BCUT2D eigenvalue weighted by molar-refractivity contribution is 0.111. The number of hydrogen-bond donors (Lipinski definition) is 2. The van der Waals surface area contributed by atoms with E-state index in [1.807, 2.05) is 0 Å². The third-order valence-corrected chi connectivity index (χ3v) is 8.26. The summed E-state index contributed by atoms with van der Waals surface area (Å²) in [6.07, 6.45) is 17.5. The summed E-state index contributed by atoms with van der Waals surface area (Å²) < 4.78 is 0. The highest BCUT2D eigenvalue weighted by atomic mass is 14.6. The number of allylic oxidation sites excluding steroid dienone is 2. The van der Waals surface area contributed by atoms with E-state index < -0.39 is 0 Å². The first-order valence-corrected chi connectivity index (χ1v) is 13.0. The Morgan fingerprint density at radius 1 is 0.621 bits per heavy atom. The molecule has 0 radical (unpaired) electrons. The monoisotopic (exact) mass is 406 g/mol. The second-order valence-electron chi connectivity index (χ2n) is 10.5. The molecule has 0 heterocycles. The van der Waals surface area contributed by atoms with Crippen LogP contribution in [0.4, 0.5) is 0 Å². The van der Waals surface area contributed by atoms with Crippen LogP contribution in [-0.4, -0.2) is 13.1 Å². The summed E-state index contributed by atoms with van der Waals surface area (Å²) in [6, 6.07) is 0. The van der Waals surface area contributed by atoms with Gasteiger partial charge in [0, 0.05) is 0 Å². The van der Waals surface area contributed by atoms with E-state index in [2.05, 4.69) is 53.7 Å². The van der Waals surface area contributed by atoms with E-state index >= 15 is 0 Å². The van der Waals surface area contributed by atoms with Gasteiger partial charge in [0.1, 0.15) is 0 Å². The van der Waals surface area contributed by atoms with E-state index in [0.29, 0.717) is 23.7 Å². The number of unbranched alkanes of at least 4 members (excludes halogenated alkanes) is 3. The molecule has 29 heavy (non-hydrogen) atoms. The van der Waals surface area contributed by atoms with Gasteiger partial charge in [0.05, 0.1) is 0 Å². The summed E-state index contributed by atoms with van der Waals surface area (Å²) in [4.78, 5) is 0. The van der Waals surface area contributed by atoms with Gasteiger partial charge in [-0.25, -0.2) is 0 Å². The number of rotatable bonds is 15. The Labute approximate surface area is 183 Å². The van der Waals surface area contributed by atoms with Gasteiger partial charge in [-0.3, -0.25) is 0 Å². The third kappa shape index (κ3) is 8.74. The van der Waals surface area contributed by atoms with Crippen molar-refractivity contribution in [3.05, 3.63) is 12.2 Å². The smallest absolute Gasteiger partial charge is 0.00490 e. The molecule has 172 valence electrons. The van der Waals surface area contributed by atoms with E-state index in [4.69, 9.17) is 11.5 Å². The molecule has 0 aromatic carbocycles. The standard InChI is InChI=1S/C27H54N2/c1-7-9-11-13-26-24(12-10-8-2)14-15-25(16-20(3)22(5)18-28)27(26)17-21(4)23(6)19-29/h14-15,20-27H,7-13,16-19,28-29H2,1-6H3. The fourth-order valence-corrected chi connectivity index (χ4v) is 5.40. The minimum absolute atomic E-state index is 0.612. The Morgan fingerprint density at radius 2 is 1.17 bits per heavy atom. The second kappa shape index (κ2) is 14.6. The Kier molecular flexibility index (Phi) is 13.5. The van der Waals surface area contributed by atoms with Crippen molar-refractivity contribution in [3.63, 3.8) is 0 Å². The van der Waals surface area contributed by atoms with Crippen molar-refractivity contribution in [2.45, 2.75) is 99.3 Å². The van der Waals surface area contributed by atoms with Crippen LogP contribution in [0.15, 0.2) is 12.2 Å². The summed E-state index contributed by atoms with van der Waals surface area (Å²) in [5, 5.41) is 0. The van der Waals surface area contributed by atoms with Gasteiger partial charge in [0.15, 0.2) is 0 Å². The van der Waals surface area contributed by atoms with Crippen molar-refractivity contribution < 1.29 is 0 Å². The molecule has 0 amide bonds. The van der Waals surface area contributed by atoms with Gasteiger partial charge in [-0.1, -0.05) is 85.8 Å². The lowest BCUT2D eigenvalue weighted by Gasteiger charge is -2.43. The first-order chi connectivity index (χ1) is 13.9. The maximum Gasteiger partial charge on any atom is -0.00490 e. The molecule has 8 atom stereocenters. The van der Waals surface area contributed by atoms with Gasteiger partial charge in [-0.2, -0.15) is 0 Å². The first kappa shape index (κ1) is 26.7. The molecule has 4 N–H and O–H groups in total. The zero-order chi connectivity index (χ0) is 21.8. The van der Waals surface area contributed by atoms with Crippen molar-refractivity contribution in [1.82, 2.24) is 0 Å². The van der Waals surface area contributed by atoms with Crippen LogP contribution in [-0.2, 0) is 0 Å². The van der Waals surface area contributed by atoms with Gasteiger partial charge in [0.2, 0.25) is 0 Å². The molecule has 1 aliphatic rings. The Hall–Kier alpha value is -0.340. The zero-order valence-corrected chi connectivity index (χ0v) is 20.7. The summed E-state index contributed by atoms with van der Waals surface area (Å²) in [7, 11) is 0. The maximum atomic E-state index is 6.05. The van der Waals surface area contributed by atoms with Crippen molar-refractivity contribution in [1.29, 1.82) is 0 Å². The SMILES string of the molecule is CCCCCC1C(CCCC)C=CC(CC(C)C(C)CN)C1CC(C)C(C)CN. The van der Waals surface area contributed by atoms with Gasteiger partial charge >= 0.3 is 0 Å². The third-order valence-electron chi connectivity index (χ3n) is 8.26. The van der Waals surface area contributed by atoms with Gasteiger partial charge in [-0.05, 0) is 86.1 Å². The average molecular weight is 407 g/mol. The second-order valence-corrected chi connectivity index (χ2v) is 10.5. The van der Waals surface area contributed by atoms with Crippen LogP contribution < -0.4 is 11.5 Å². The van der Waals surface area contributed by atoms with Crippen molar-refractivity contribution in [2.24, 2.45) is 58.8 Å². The van der Waals surface area contributed by atoms with Crippen LogP contribution in [0, 0.1) is 47.3 Å². The molecule has 8 unspecified atom stereocenters. The molecule has 0 aliphatic heterocycles. The Balaban J connectivity index is 3.07. The van der Waals surface area contributed by atoms with Crippen LogP contribution in [0.25, 0.3) is 0 Å². The van der Waals surface area contributed by atoms with Gasteiger partial charge < -0.3 is 11.5 Å². The van der Waals surface area contributed by atoms with Crippen molar-refractivity contribution in [3.8, 4) is 0 Å². The highest BCUT2D eigenvalue weighted by molar-refractivity contribution is 5.06. The molecule has 1 rings (SSSR count). The predicted molar refractivity (Wildman–Crippen MR) is 131 cm³/mol. The highest BCUT2D eigenvalue weighted by Gasteiger charge is 2.37. The molecule has 0 aromatic heterocycles. The Morgan fingerprint density at radius 3 is 1.72 bits per heavy atom. The first-order valence-electron chi connectivity index (χ1n) is 13.0. The molecule has 0 saturated heterocycles. The Bertz CT molecular complexity index is 432. The topological polar surface area (TPSA) is 52.0 Å². The van der Waals surface area contributed by atoms with Crippen LogP contribution in [0.2, 0.25) is 0 Å². The summed E-state index contributed by atoms with van der Waals surface area (Å²) in [5.41, 5.74) is 12.1. The molecule has 1 aliphatic carbocycles. The van der Waals surface area contributed by atoms with Gasteiger partial charge in [-0.15, -0.1) is 0 Å². The minimum atomic E-state index is 0.612. The van der Waals surface area contributed by atoms with Gasteiger partial charge in [0.25, 0.3) is 0 Å². The number of hydrogen-bond acceptors (Lipinski definition) is 2. The van der Waals surface area contributed by atoms with Crippen LogP contribution in [0.5, 0.6) is 0 Å². The lowest BCUT2D eigenvalue weighted by atomic mass is 9.62. The van der Waals surface area contributed by atoms with Crippen LogP contribution in [0.1, 0.15) is 99.3 Å². The maximum absolute atomic E-state index is 6.05. The fraction of sp³-hybridized carbons (Fsp3) is 0.926. The van der Waals surface area contributed by atoms with E-state index in [9.17, 15) is 0 Å². The molecular weight excluding hydrogens is 352 g/mol. The summed E-state index contributed by atoms with van der Waals surface area (Å²) >= 11 is 0. The predicted octanol–water partition coefficient (Wildman–Crippen LogP) is 7.03. The van der Waals surface area contributed by atoms with E-state index in [1.54, 1.807) is 0 Å². The van der Waals surface area contributed by atoms with E-state index in [1.165, 1.54) is 57.8 Å². The molecule has 0 bridgehead atoms. The lowest BCUT2D eigenvalue weighted by Crippen LogP contribution is -2.36. The number of nitrogens with two attached hydrogens (primary N) is 2. The normalized spacial score (nSPS) is 28.8. The van der Waals surface area contributed by atoms with E-state index in [0.717, 1.165) is 36.8 Å². The largest absolute Gasteiger partial charge is 0.330 e. The molecule has 0 fully saturated rings. The average Bonchev–Trinajstić information content (AvgIpc) is 2.73. The quantitative estimate of drug-likeness (QED) is 0.226. The van der Waals surface area contributed by atoms with Crippen molar-refractivity contribution in [2.75, 3.05) is 13.1 Å². The summed E-state index contributed by atoms with van der Waals surface area (Å²) in [5.74, 6) is 5.82. The van der Waals surface area contributed by atoms with E-state index in [-0.39, 0.29) is 0 Å². The fourth-order valence-electron chi connectivity index (χ4n) is 5.40. The van der Waals surface area contributed by atoms with Crippen LogP contribution in [0.3, 0.4) is 0 Å². The van der Waals surface area contributed by atoms with Crippen molar-refractivity contribution >= 4 is 0 Å². The van der Waals surface area contributed by atoms with Crippen LogP contribution >= 0.6 is 0 Å².